The third-order valence-corrected chi connectivity index (χ3v) is 2.21. The Morgan fingerprint density at radius 2 is 2.00 bits per heavy atom. The number of esters is 1. The molecule has 0 heterocycles. The molecule has 4 heteroatoms. The summed E-state index contributed by atoms with van der Waals surface area (Å²) in [6.45, 7) is 4.19. The third-order valence-electron chi connectivity index (χ3n) is 2.21. The van der Waals surface area contributed by atoms with Gasteiger partial charge in [-0.1, -0.05) is 6.42 Å². The molecule has 1 N–H and O–H groups in total. The Balaban J connectivity index is 3.20. The minimum Gasteiger partial charge on any atom is -0.466 e. The zero-order chi connectivity index (χ0) is 11.5. The number of ether oxygens (including phenoxy) is 1. The lowest BCUT2D eigenvalue weighted by Gasteiger charge is -2.14. The maximum Gasteiger partial charge on any atom is 0.305 e. The molecule has 15 heavy (non-hydrogen) atoms. The maximum absolute atomic E-state index is 11.0. The second-order valence-electron chi connectivity index (χ2n) is 3.64. The summed E-state index contributed by atoms with van der Waals surface area (Å²) in [5.74, 6) is -0.0961. The van der Waals surface area contributed by atoms with Crippen molar-refractivity contribution in [2.45, 2.75) is 32.6 Å². The summed E-state index contributed by atoms with van der Waals surface area (Å²) >= 11 is 0. The van der Waals surface area contributed by atoms with Crippen LogP contribution in [0.25, 0.3) is 0 Å². The molecule has 0 unspecified atom stereocenters. The molecule has 0 amide bonds. The summed E-state index contributed by atoms with van der Waals surface area (Å²) in [7, 11) is 1.99. The lowest BCUT2D eigenvalue weighted by atomic mass is 10.2. The molecule has 0 rings (SSSR count). The Morgan fingerprint density at radius 1 is 1.27 bits per heavy atom. The number of carbonyl (C=O) groups excluding carboxylic acids is 1. The van der Waals surface area contributed by atoms with Gasteiger partial charge in [-0.2, -0.15) is 0 Å². The van der Waals surface area contributed by atoms with Gasteiger partial charge in [-0.05, 0) is 33.4 Å². The van der Waals surface area contributed by atoms with E-state index in [4.69, 9.17) is 9.84 Å². The summed E-state index contributed by atoms with van der Waals surface area (Å²) in [6, 6.07) is 0. The van der Waals surface area contributed by atoms with Gasteiger partial charge in [-0.25, -0.2) is 0 Å². The van der Waals surface area contributed by atoms with Gasteiger partial charge in [0, 0.05) is 13.0 Å². The summed E-state index contributed by atoms with van der Waals surface area (Å²) in [5.41, 5.74) is 0. The molecule has 0 aliphatic rings. The van der Waals surface area contributed by atoms with E-state index in [1.165, 1.54) is 0 Å². The number of unbranched alkanes of at least 4 members (excludes halogenated alkanes) is 2. The zero-order valence-corrected chi connectivity index (χ0v) is 9.87. The summed E-state index contributed by atoms with van der Waals surface area (Å²) in [4.78, 5) is 13.1. The van der Waals surface area contributed by atoms with Crippen LogP contribution in [0.4, 0.5) is 0 Å². The van der Waals surface area contributed by atoms with E-state index in [0.717, 1.165) is 32.4 Å². The normalized spacial score (nSPS) is 10.7. The molecule has 0 aromatic rings. The number of nitrogens with zero attached hydrogens (tertiary/aromatic N) is 1. The van der Waals surface area contributed by atoms with Gasteiger partial charge >= 0.3 is 5.97 Å². The fourth-order valence-electron chi connectivity index (χ4n) is 1.34. The predicted molar refractivity (Wildman–Crippen MR) is 59.7 cm³/mol. The molecule has 0 atom stereocenters. The Bertz CT molecular complexity index is 162. The molecule has 0 aromatic carbocycles. The molecule has 0 fully saturated rings. The van der Waals surface area contributed by atoms with Gasteiger partial charge in [0.05, 0.1) is 13.2 Å². The number of aliphatic hydroxyl groups is 1. The van der Waals surface area contributed by atoms with E-state index in [9.17, 15) is 4.79 Å². The highest BCUT2D eigenvalue weighted by atomic mass is 16.5. The van der Waals surface area contributed by atoms with Crippen molar-refractivity contribution in [2.75, 3.05) is 33.4 Å². The van der Waals surface area contributed by atoms with Crippen molar-refractivity contribution in [3.8, 4) is 0 Å². The molecule has 0 saturated carbocycles. The second kappa shape index (κ2) is 9.93. The van der Waals surface area contributed by atoms with Crippen LogP contribution >= 0.6 is 0 Å². The first-order chi connectivity index (χ1) is 7.20. The third kappa shape index (κ3) is 9.69. The highest BCUT2D eigenvalue weighted by Crippen LogP contribution is 2.02. The molecular weight excluding hydrogens is 194 g/mol. The van der Waals surface area contributed by atoms with Gasteiger partial charge in [0.25, 0.3) is 0 Å². The first-order valence-electron chi connectivity index (χ1n) is 5.65. The van der Waals surface area contributed by atoms with Crippen molar-refractivity contribution in [1.82, 2.24) is 4.90 Å². The average Bonchev–Trinajstić information content (AvgIpc) is 2.18. The standard InChI is InChI=1S/C11H23NO3/c1-3-15-11(14)7-5-4-6-8-12(2)9-10-13/h13H,3-10H2,1-2H3. The Kier molecular flexibility index (Phi) is 9.52. The van der Waals surface area contributed by atoms with Gasteiger partial charge < -0.3 is 14.7 Å². The van der Waals surface area contributed by atoms with E-state index >= 15 is 0 Å². The van der Waals surface area contributed by atoms with Crippen LogP contribution in [0.3, 0.4) is 0 Å². The summed E-state index contributed by atoms with van der Waals surface area (Å²) in [6.07, 6.45) is 3.52. The van der Waals surface area contributed by atoms with Crippen LogP contribution in [0, 0.1) is 0 Å². The van der Waals surface area contributed by atoms with Crippen molar-refractivity contribution in [3.63, 3.8) is 0 Å². The minimum absolute atomic E-state index is 0.0961. The molecule has 90 valence electrons. The number of hydrogen-bond donors (Lipinski definition) is 1. The van der Waals surface area contributed by atoms with Crippen LogP contribution < -0.4 is 0 Å². The number of hydrogen-bond acceptors (Lipinski definition) is 4. The lowest BCUT2D eigenvalue weighted by molar-refractivity contribution is -0.143. The molecular formula is C11H23NO3. The lowest BCUT2D eigenvalue weighted by Crippen LogP contribution is -2.23. The smallest absolute Gasteiger partial charge is 0.305 e. The van der Waals surface area contributed by atoms with Gasteiger partial charge in [-0.15, -0.1) is 0 Å². The van der Waals surface area contributed by atoms with Crippen molar-refractivity contribution in [1.29, 1.82) is 0 Å². The molecule has 0 aliphatic heterocycles. The number of rotatable bonds is 9. The average molecular weight is 217 g/mol. The Labute approximate surface area is 92.2 Å². The SMILES string of the molecule is CCOC(=O)CCCCCN(C)CCO. The topological polar surface area (TPSA) is 49.8 Å². The molecule has 0 bridgehead atoms. The van der Waals surface area contributed by atoms with Gasteiger partial charge in [-0.3, -0.25) is 4.79 Å². The van der Waals surface area contributed by atoms with Crippen molar-refractivity contribution in [3.05, 3.63) is 0 Å². The van der Waals surface area contributed by atoms with Crippen LogP contribution in [0.1, 0.15) is 32.6 Å². The summed E-state index contributed by atoms with van der Waals surface area (Å²) < 4.78 is 4.83. The quantitative estimate of drug-likeness (QED) is 0.463. The zero-order valence-electron chi connectivity index (χ0n) is 9.87. The van der Waals surface area contributed by atoms with Crippen LogP contribution in [0.5, 0.6) is 0 Å². The van der Waals surface area contributed by atoms with Gasteiger partial charge in [0.1, 0.15) is 0 Å². The fourth-order valence-corrected chi connectivity index (χ4v) is 1.34. The van der Waals surface area contributed by atoms with E-state index in [0.29, 0.717) is 13.0 Å². The van der Waals surface area contributed by atoms with Crippen molar-refractivity contribution < 1.29 is 14.6 Å². The van der Waals surface area contributed by atoms with Crippen molar-refractivity contribution >= 4 is 5.97 Å². The molecule has 0 saturated heterocycles. The molecule has 0 aliphatic carbocycles. The predicted octanol–water partition coefficient (Wildman–Crippen LogP) is 1.03. The highest BCUT2D eigenvalue weighted by molar-refractivity contribution is 5.69. The number of likely N-dealkylation sites (N-methyl/N-ethyl adjacent to an activating group) is 1. The molecule has 0 radical (unpaired) electrons. The van der Waals surface area contributed by atoms with E-state index in [2.05, 4.69) is 4.90 Å². The Hall–Kier alpha value is -0.610. The number of carbonyl (C=O) groups is 1. The second-order valence-corrected chi connectivity index (χ2v) is 3.64. The van der Waals surface area contributed by atoms with Crippen LogP contribution in [-0.4, -0.2) is 49.3 Å². The first-order valence-corrected chi connectivity index (χ1v) is 5.65. The van der Waals surface area contributed by atoms with Gasteiger partial charge in [0.15, 0.2) is 0 Å². The maximum atomic E-state index is 11.0. The monoisotopic (exact) mass is 217 g/mol. The van der Waals surface area contributed by atoms with E-state index < -0.39 is 0 Å². The largest absolute Gasteiger partial charge is 0.466 e. The molecule has 0 aromatic heterocycles. The molecule has 4 nitrogen and oxygen atoms in total. The van der Waals surface area contributed by atoms with Crippen LogP contribution in [-0.2, 0) is 9.53 Å². The van der Waals surface area contributed by atoms with E-state index in [1.807, 2.05) is 14.0 Å². The Morgan fingerprint density at radius 3 is 2.60 bits per heavy atom. The number of aliphatic hydroxyl groups excluding tert-OH is 1. The minimum atomic E-state index is -0.0961. The molecule has 0 spiro atoms. The van der Waals surface area contributed by atoms with Crippen molar-refractivity contribution in [2.24, 2.45) is 0 Å². The first kappa shape index (κ1) is 14.4. The van der Waals surface area contributed by atoms with Crippen LogP contribution in [0.2, 0.25) is 0 Å². The van der Waals surface area contributed by atoms with Crippen LogP contribution in [0.15, 0.2) is 0 Å². The fraction of sp³-hybridized carbons (Fsp3) is 0.909. The van der Waals surface area contributed by atoms with E-state index in [-0.39, 0.29) is 12.6 Å². The van der Waals surface area contributed by atoms with Gasteiger partial charge in [0.2, 0.25) is 0 Å². The van der Waals surface area contributed by atoms with E-state index in [1.54, 1.807) is 0 Å². The highest BCUT2D eigenvalue weighted by Gasteiger charge is 2.01. The summed E-state index contributed by atoms with van der Waals surface area (Å²) in [5, 5.41) is 8.67.